The van der Waals surface area contributed by atoms with Crippen LogP contribution in [0.2, 0.25) is 0 Å². The van der Waals surface area contributed by atoms with Gasteiger partial charge >= 0.3 is 0 Å². The fourth-order valence-corrected chi connectivity index (χ4v) is 5.82. The number of imide groups is 1. The fraction of sp³-hybridized carbons (Fsp3) is 0.368. The van der Waals surface area contributed by atoms with E-state index < -0.39 is 24.0 Å². The number of benzene rings is 1. The lowest BCUT2D eigenvalue weighted by Crippen LogP contribution is -2.45. The summed E-state index contributed by atoms with van der Waals surface area (Å²) in [5.41, 5.74) is 1.55. The first kappa shape index (κ1) is 15.9. The second-order valence-corrected chi connectivity index (χ2v) is 8.46. The van der Waals surface area contributed by atoms with Gasteiger partial charge in [0.15, 0.2) is 22.7 Å². The van der Waals surface area contributed by atoms with Crippen LogP contribution in [0.15, 0.2) is 34.9 Å². The third-order valence-electron chi connectivity index (χ3n) is 6.32. The minimum atomic E-state index is -0.552. The summed E-state index contributed by atoms with van der Waals surface area (Å²) < 4.78 is 16.9. The highest BCUT2D eigenvalue weighted by molar-refractivity contribution is 7.14. The van der Waals surface area contributed by atoms with Crippen LogP contribution in [0.5, 0.6) is 11.5 Å². The van der Waals surface area contributed by atoms with Gasteiger partial charge in [-0.2, -0.15) is 0 Å². The summed E-state index contributed by atoms with van der Waals surface area (Å²) in [6.45, 7) is 0.189. The minimum absolute atomic E-state index is 0.189. The number of oxime groups is 1. The van der Waals surface area contributed by atoms with E-state index >= 15 is 0 Å². The monoisotopic (exact) mass is 411 g/mol. The Balaban J connectivity index is 1.25. The van der Waals surface area contributed by atoms with Gasteiger partial charge in [0.05, 0.1) is 29.6 Å². The number of aromatic nitrogens is 1. The van der Waals surface area contributed by atoms with Crippen LogP contribution in [0.25, 0.3) is 0 Å². The quantitative estimate of drug-likeness (QED) is 0.684. The molecule has 3 saturated heterocycles. The van der Waals surface area contributed by atoms with Crippen LogP contribution in [0.1, 0.15) is 5.56 Å². The van der Waals surface area contributed by atoms with Gasteiger partial charge in [0.2, 0.25) is 18.6 Å². The molecule has 7 rings (SSSR count). The molecule has 9 nitrogen and oxygen atoms in total. The number of carbonyl (C=O) groups is 2. The van der Waals surface area contributed by atoms with Gasteiger partial charge in [-0.15, -0.1) is 11.3 Å². The molecule has 1 aromatic carbocycles. The molecule has 6 heterocycles. The molecule has 146 valence electrons. The number of anilines is 1. The molecule has 0 N–H and O–H groups in total. The number of amides is 2. The van der Waals surface area contributed by atoms with E-state index in [4.69, 9.17) is 19.0 Å². The fourth-order valence-electron chi connectivity index (χ4n) is 5.17. The van der Waals surface area contributed by atoms with E-state index in [2.05, 4.69) is 10.1 Å². The first-order valence-electron chi connectivity index (χ1n) is 9.29. The van der Waals surface area contributed by atoms with E-state index in [1.165, 1.54) is 16.2 Å². The molecule has 3 fully saturated rings. The third-order valence-corrected chi connectivity index (χ3v) is 7.08. The smallest absolute Gasteiger partial charge is 0.242 e. The lowest BCUT2D eigenvalue weighted by molar-refractivity contribution is -0.125. The third kappa shape index (κ3) is 1.88. The molecule has 6 unspecified atom stereocenters. The van der Waals surface area contributed by atoms with E-state index in [0.717, 1.165) is 5.56 Å². The lowest BCUT2D eigenvalue weighted by atomic mass is 9.71. The van der Waals surface area contributed by atoms with Crippen molar-refractivity contribution in [3.05, 3.63) is 35.3 Å². The minimum Gasteiger partial charge on any atom is -0.454 e. The largest absolute Gasteiger partial charge is 0.454 e. The summed E-state index contributed by atoms with van der Waals surface area (Å²) in [6.07, 6.45) is 0.256. The van der Waals surface area contributed by atoms with Gasteiger partial charge in [0.25, 0.3) is 0 Å². The molecule has 6 atom stereocenters. The van der Waals surface area contributed by atoms with Crippen molar-refractivity contribution in [1.29, 1.82) is 0 Å². The molecule has 0 saturated carbocycles. The Kier molecular flexibility index (Phi) is 2.92. The van der Waals surface area contributed by atoms with Gasteiger partial charge in [-0.05, 0) is 18.2 Å². The van der Waals surface area contributed by atoms with Crippen LogP contribution in [-0.4, -0.2) is 47.6 Å². The van der Waals surface area contributed by atoms with Crippen molar-refractivity contribution in [1.82, 2.24) is 4.98 Å². The zero-order chi connectivity index (χ0) is 19.3. The van der Waals surface area contributed by atoms with E-state index in [-0.39, 0.29) is 30.6 Å². The summed E-state index contributed by atoms with van der Waals surface area (Å²) in [6, 6.07) is 5.59. The number of fused-ring (bicyclic) bond motifs is 9. The van der Waals surface area contributed by atoms with Gasteiger partial charge in [-0.3, -0.25) is 9.59 Å². The Hall–Kier alpha value is -2.98. The number of hydrogen-bond donors (Lipinski definition) is 0. The first-order chi connectivity index (χ1) is 14.2. The molecule has 1 aromatic heterocycles. The maximum Gasteiger partial charge on any atom is 0.242 e. The summed E-state index contributed by atoms with van der Waals surface area (Å²) in [7, 11) is 0. The number of carbonyl (C=O) groups excluding carboxylic acids is 2. The van der Waals surface area contributed by atoms with Gasteiger partial charge < -0.3 is 19.0 Å². The zero-order valence-corrected chi connectivity index (χ0v) is 15.6. The molecule has 5 aliphatic rings. The highest BCUT2D eigenvalue weighted by Gasteiger charge is 2.72. The molecule has 29 heavy (non-hydrogen) atoms. The Bertz CT molecular complexity index is 1100. The van der Waals surface area contributed by atoms with Crippen LogP contribution in [-0.2, 0) is 19.2 Å². The Morgan fingerprint density at radius 2 is 1.83 bits per heavy atom. The maximum absolute atomic E-state index is 13.1. The molecule has 2 aromatic rings. The van der Waals surface area contributed by atoms with E-state index in [9.17, 15) is 9.59 Å². The average Bonchev–Trinajstić information content (AvgIpc) is 3.53. The van der Waals surface area contributed by atoms with Crippen molar-refractivity contribution in [3.63, 3.8) is 0 Å². The Labute approximate surface area is 167 Å². The number of thiazole rings is 1. The maximum atomic E-state index is 13.1. The molecule has 0 aliphatic carbocycles. The second kappa shape index (κ2) is 5.33. The van der Waals surface area contributed by atoms with Crippen molar-refractivity contribution in [2.24, 2.45) is 22.9 Å². The standard InChI is InChI=1S/C19H13N3O6S/c23-17-10-11(18(24)22(17)19-20-3-4-29-19)15-16-12(14(10)27-15)13(21-28-16)7-1-2-8-9(5-7)26-6-25-8/h1-5,10-12,14-16H,6H2. The number of nitrogens with zero attached hydrogens (tertiary/aromatic N) is 3. The topological polar surface area (TPSA) is 99.6 Å². The molecule has 2 bridgehead atoms. The number of hydrogen-bond acceptors (Lipinski definition) is 9. The van der Waals surface area contributed by atoms with Crippen LogP contribution < -0.4 is 14.4 Å². The molecule has 0 spiro atoms. The molecule has 5 aliphatic heterocycles. The van der Waals surface area contributed by atoms with Crippen molar-refractivity contribution in [2.45, 2.75) is 18.3 Å². The highest BCUT2D eigenvalue weighted by atomic mass is 32.1. The predicted molar refractivity (Wildman–Crippen MR) is 97.7 cm³/mol. The summed E-state index contributed by atoms with van der Waals surface area (Å²) in [4.78, 5) is 37.2. The summed E-state index contributed by atoms with van der Waals surface area (Å²) >= 11 is 1.27. The van der Waals surface area contributed by atoms with Crippen LogP contribution in [0, 0.1) is 17.8 Å². The predicted octanol–water partition coefficient (Wildman–Crippen LogP) is 1.18. The highest BCUT2D eigenvalue weighted by Crippen LogP contribution is 2.55. The van der Waals surface area contributed by atoms with Crippen molar-refractivity contribution in [2.75, 3.05) is 11.7 Å². The zero-order valence-electron chi connectivity index (χ0n) is 14.8. The lowest BCUT2D eigenvalue weighted by Gasteiger charge is -2.26. The number of rotatable bonds is 2. The first-order valence-corrected chi connectivity index (χ1v) is 10.2. The van der Waals surface area contributed by atoms with Crippen molar-refractivity contribution < 1.29 is 28.6 Å². The van der Waals surface area contributed by atoms with Gasteiger partial charge in [0.1, 0.15) is 6.10 Å². The second-order valence-electron chi connectivity index (χ2n) is 7.58. The van der Waals surface area contributed by atoms with Crippen molar-refractivity contribution >= 4 is 34.0 Å². The molecule has 0 radical (unpaired) electrons. The molecule has 2 amide bonds. The SMILES string of the molecule is O=C1C2C3OC(C4C(c5ccc6c(c5)OCO6)=NOC34)C2C(=O)N1c1nccs1. The van der Waals surface area contributed by atoms with E-state index in [1.807, 2.05) is 18.2 Å². The summed E-state index contributed by atoms with van der Waals surface area (Å²) in [5.74, 6) is -0.488. The van der Waals surface area contributed by atoms with Crippen molar-refractivity contribution in [3.8, 4) is 11.5 Å². The van der Waals surface area contributed by atoms with Gasteiger partial charge in [0, 0.05) is 17.1 Å². The van der Waals surface area contributed by atoms with Gasteiger partial charge in [-0.1, -0.05) is 5.16 Å². The number of ether oxygens (including phenoxy) is 3. The van der Waals surface area contributed by atoms with Gasteiger partial charge in [-0.25, -0.2) is 9.88 Å². The Morgan fingerprint density at radius 1 is 1.00 bits per heavy atom. The van der Waals surface area contributed by atoms with E-state index in [0.29, 0.717) is 22.3 Å². The normalized spacial score (nSPS) is 35.7. The summed E-state index contributed by atoms with van der Waals surface area (Å²) in [5, 5.41) is 6.45. The molecular formula is C19H13N3O6S. The van der Waals surface area contributed by atoms with Crippen LogP contribution in [0.3, 0.4) is 0 Å². The van der Waals surface area contributed by atoms with E-state index in [1.54, 1.807) is 11.6 Å². The molecular weight excluding hydrogens is 398 g/mol. The van der Waals surface area contributed by atoms with Crippen LogP contribution in [0.4, 0.5) is 5.13 Å². The molecule has 10 heteroatoms. The Morgan fingerprint density at radius 3 is 2.66 bits per heavy atom. The average molecular weight is 411 g/mol. The van der Waals surface area contributed by atoms with Crippen LogP contribution >= 0.6 is 11.3 Å².